The summed E-state index contributed by atoms with van der Waals surface area (Å²) in [6, 6.07) is -1.15. The van der Waals surface area contributed by atoms with E-state index in [-0.39, 0.29) is 25.7 Å². The Kier molecular flexibility index (Phi) is 5.71. The summed E-state index contributed by atoms with van der Waals surface area (Å²) >= 11 is 1.42. The average Bonchev–Trinajstić information content (AvgIpc) is 2.87. The minimum Gasteiger partial charge on any atom is -0.480 e. The van der Waals surface area contributed by atoms with Crippen molar-refractivity contribution in [2.75, 3.05) is 6.26 Å². The lowest BCUT2D eigenvalue weighted by molar-refractivity contribution is -0.154. The van der Waals surface area contributed by atoms with Gasteiger partial charge in [0, 0.05) is 31.7 Å². The quantitative estimate of drug-likeness (QED) is 0.370. The third-order valence-electron chi connectivity index (χ3n) is 3.27. The van der Waals surface area contributed by atoms with Crippen LogP contribution in [0.2, 0.25) is 0 Å². The molecule has 1 aliphatic rings. The number of nitrogens with zero attached hydrogens (tertiary/aromatic N) is 3. The van der Waals surface area contributed by atoms with Gasteiger partial charge in [0.05, 0.1) is 5.56 Å². The molecule has 2 rings (SSSR count). The van der Waals surface area contributed by atoms with Gasteiger partial charge in [0.15, 0.2) is 5.16 Å². The first-order valence-corrected chi connectivity index (χ1v) is 8.18. The van der Waals surface area contributed by atoms with Crippen LogP contribution in [0.3, 0.4) is 0 Å². The number of likely N-dealkylation sites (tertiary alicyclic amines) is 1. The smallest absolute Gasteiger partial charge is 0.326 e. The number of hydrogen-bond donors (Lipinski definition) is 1. The van der Waals surface area contributed by atoms with Gasteiger partial charge in [-0.1, -0.05) is 23.6 Å². The SMILES string of the molecule is CSc1ncc(C#CCCC(C(=O)O)N2C(=O)CCC2=O)cn1. The Bertz CT molecular complexity index is 662. The molecule has 7 nitrogen and oxygen atoms in total. The van der Waals surface area contributed by atoms with Gasteiger partial charge >= 0.3 is 5.97 Å². The minimum absolute atomic E-state index is 0.0768. The molecule has 1 aliphatic heterocycles. The van der Waals surface area contributed by atoms with Gasteiger partial charge in [0.1, 0.15) is 6.04 Å². The fourth-order valence-corrected chi connectivity index (χ4v) is 2.48. The van der Waals surface area contributed by atoms with Crippen molar-refractivity contribution < 1.29 is 19.5 Å². The standard InChI is InChI=1S/C15H15N3O4S/c1-23-15-16-8-10(9-17-15)4-2-3-5-11(14(21)22)18-12(19)6-7-13(18)20/h8-9,11H,3,5-7H2,1H3,(H,21,22). The first-order chi connectivity index (χ1) is 11.0. The van der Waals surface area contributed by atoms with E-state index in [0.717, 1.165) is 4.90 Å². The minimum atomic E-state index is -1.19. The molecule has 1 atom stereocenters. The highest BCUT2D eigenvalue weighted by Crippen LogP contribution is 2.18. The summed E-state index contributed by atoms with van der Waals surface area (Å²) in [5.41, 5.74) is 0.628. The summed E-state index contributed by atoms with van der Waals surface area (Å²) in [6.45, 7) is 0. The number of aliphatic carboxylic acids is 1. The second-order valence-corrected chi connectivity index (χ2v) is 5.58. The lowest BCUT2D eigenvalue weighted by Gasteiger charge is -2.21. The van der Waals surface area contributed by atoms with Crippen molar-refractivity contribution in [2.24, 2.45) is 0 Å². The molecule has 1 N–H and O–H groups in total. The van der Waals surface area contributed by atoms with Crippen molar-refractivity contribution in [1.82, 2.24) is 14.9 Å². The van der Waals surface area contributed by atoms with Gasteiger partial charge in [0.2, 0.25) is 11.8 Å². The summed E-state index contributed by atoms with van der Waals surface area (Å²) in [5, 5.41) is 9.87. The van der Waals surface area contributed by atoms with E-state index in [4.69, 9.17) is 0 Å². The lowest BCUT2D eigenvalue weighted by atomic mass is 10.1. The molecule has 0 saturated carbocycles. The molecule has 0 radical (unpaired) electrons. The zero-order valence-corrected chi connectivity index (χ0v) is 13.3. The molecule has 2 heterocycles. The van der Waals surface area contributed by atoms with Crippen LogP contribution in [0, 0.1) is 11.8 Å². The van der Waals surface area contributed by atoms with E-state index in [1.165, 1.54) is 11.8 Å². The molecule has 1 aromatic rings. The molecule has 0 spiro atoms. The maximum atomic E-state index is 11.6. The summed E-state index contributed by atoms with van der Waals surface area (Å²) in [6.07, 6.45) is 5.55. The van der Waals surface area contributed by atoms with Crippen molar-refractivity contribution >= 4 is 29.5 Å². The number of rotatable bonds is 5. The van der Waals surface area contributed by atoms with Crippen molar-refractivity contribution in [3.05, 3.63) is 18.0 Å². The van der Waals surface area contributed by atoms with Gasteiger partial charge in [-0.3, -0.25) is 14.5 Å². The lowest BCUT2D eigenvalue weighted by Crippen LogP contribution is -2.44. The highest BCUT2D eigenvalue weighted by Gasteiger charge is 2.38. The Balaban J connectivity index is 1.97. The number of carbonyl (C=O) groups excluding carboxylic acids is 2. The van der Waals surface area contributed by atoms with Gasteiger partial charge in [-0.15, -0.1) is 0 Å². The monoisotopic (exact) mass is 333 g/mol. The predicted octanol–water partition coefficient (Wildman–Crippen LogP) is 0.932. The van der Waals surface area contributed by atoms with Crippen LogP contribution in [0.5, 0.6) is 0 Å². The van der Waals surface area contributed by atoms with Crippen molar-refractivity contribution in [1.29, 1.82) is 0 Å². The largest absolute Gasteiger partial charge is 0.480 e. The maximum absolute atomic E-state index is 11.6. The number of amides is 2. The molecule has 1 fully saturated rings. The van der Waals surface area contributed by atoms with Crippen molar-refractivity contribution in [2.45, 2.75) is 36.9 Å². The first kappa shape index (κ1) is 17.0. The Hall–Kier alpha value is -2.40. The van der Waals surface area contributed by atoms with E-state index in [1.807, 2.05) is 6.26 Å². The zero-order valence-electron chi connectivity index (χ0n) is 12.5. The summed E-state index contributed by atoms with van der Waals surface area (Å²) in [7, 11) is 0. The zero-order chi connectivity index (χ0) is 16.8. The molecule has 0 aromatic carbocycles. The third kappa shape index (κ3) is 4.29. The van der Waals surface area contributed by atoms with E-state index < -0.39 is 23.8 Å². The first-order valence-electron chi connectivity index (χ1n) is 6.95. The van der Waals surface area contributed by atoms with Gasteiger partial charge in [-0.25, -0.2) is 14.8 Å². The number of aromatic nitrogens is 2. The Morgan fingerprint density at radius 3 is 2.48 bits per heavy atom. The fraction of sp³-hybridized carbons (Fsp3) is 0.400. The number of hydrogen-bond acceptors (Lipinski definition) is 6. The van der Waals surface area contributed by atoms with Crippen LogP contribution in [0.15, 0.2) is 17.6 Å². The van der Waals surface area contributed by atoms with E-state index in [9.17, 15) is 19.5 Å². The van der Waals surface area contributed by atoms with Gasteiger partial charge < -0.3 is 5.11 Å². The van der Waals surface area contributed by atoms with Crippen LogP contribution in [-0.2, 0) is 14.4 Å². The van der Waals surface area contributed by atoms with Crippen LogP contribution in [-0.4, -0.2) is 50.1 Å². The Morgan fingerprint density at radius 2 is 1.96 bits per heavy atom. The molecule has 120 valence electrons. The molecule has 23 heavy (non-hydrogen) atoms. The predicted molar refractivity (Wildman–Crippen MR) is 82.4 cm³/mol. The number of thioether (sulfide) groups is 1. The summed E-state index contributed by atoms with van der Waals surface area (Å²) in [5.74, 6) is 3.61. The maximum Gasteiger partial charge on any atom is 0.326 e. The molecular weight excluding hydrogens is 318 g/mol. The van der Waals surface area contributed by atoms with E-state index >= 15 is 0 Å². The number of imide groups is 1. The van der Waals surface area contributed by atoms with Gasteiger partial charge in [-0.2, -0.15) is 0 Å². The van der Waals surface area contributed by atoms with Crippen LogP contribution in [0.1, 0.15) is 31.2 Å². The molecule has 1 aromatic heterocycles. The molecule has 1 saturated heterocycles. The molecule has 2 amide bonds. The van der Waals surface area contributed by atoms with Crippen molar-refractivity contribution in [3.8, 4) is 11.8 Å². The van der Waals surface area contributed by atoms with E-state index in [2.05, 4.69) is 21.8 Å². The highest BCUT2D eigenvalue weighted by molar-refractivity contribution is 7.98. The molecular formula is C15H15N3O4S. The number of carbonyl (C=O) groups is 3. The molecule has 8 heteroatoms. The summed E-state index contributed by atoms with van der Waals surface area (Å²) < 4.78 is 0. The summed E-state index contributed by atoms with van der Waals surface area (Å²) in [4.78, 5) is 43.6. The topological polar surface area (TPSA) is 100 Å². The second kappa shape index (κ2) is 7.74. The molecule has 0 aliphatic carbocycles. The molecule has 0 bridgehead atoms. The van der Waals surface area contributed by atoms with Gasteiger partial charge in [-0.05, 0) is 12.7 Å². The van der Waals surface area contributed by atoms with Crippen LogP contribution < -0.4 is 0 Å². The molecule has 1 unspecified atom stereocenters. The third-order valence-corrected chi connectivity index (χ3v) is 3.85. The van der Waals surface area contributed by atoms with Crippen LogP contribution in [0.4, 0.5) is 0 Å². The number of carboxylic acid groups (broad SMARTS) is 1. The number of carboxylic acids is 1. The van der Waals surface area contributed by atoms with E-state index in [1.54, 1.807) is 12.4 Å². The second-order valence-electron chi connectivity index (χ2n) is 4.81. The Morgan fingerprint density at radius 1 is 1.35 bits per heavy atom. The average molecular weight is 333 g/mol. The van der Waals surface area contributed by atoms with E-state index in [0.29, 0.717) is 10.7 Å². The Labute approximate surface area is 137 Å². The van der Waals surface area contributed by atoms with Crippen LogP contribution >= 0.6 is 11.8 Å². The van der Waals surface area contributed by atoms with Gasteiger partial charge in [0.25, 0.3) is 0 Å². The highest BCUT2D eigenvalue weighted by atomic mass is 32.2. The fourth-order valence-electron chi connectivity index (χ4n) is 2.16. The van der Waals surface area contributed by atoms with Crippen molar-refractivity contribution in [3.63, 3.8) is 0 Å². The van der Waals surface area contributed by atoms with Crippen LogP contribution in [0.25, 0.3) is 0 Å². The normalized spacial score (nSPS) is 15.3.